The molecule has 5 aromatic carbocycles. The van der Waals surface area contributed by atoms with E-state index in [4.69, 9.17) is 19.5 Å². The topological polar surface area (TPSA) is 56.2 Å². The van der Waals surface area contributed by atoms with Crippen molar-refractivity contribution in [2.75, 3.05) is 0 Å². The van der Waals surface area contributed by atoms with E-state index in [-0.39, 0.29) is 0 Å². The molecule has 0 radical (unpaired) electrons. The van der Waals surface area contributed by atoms with E-state index in [0.717, 1.165) is 76.9 Å². The highest BCUT2D eigenvalue weighted by Crippen LogP contribution is 2.44. The Morgan fingerprint density at radius 2 is 1.23 bits per heavy atom. The third-order valence-corrected chi connectivity index (χ3v) is 9.96. The Bertz CT molecular complexity index is 2780. The molecule has 0 saturated carbocycles. The van der Waals surface area contributed by atoms with Gasteiger partial charge in [0.25, 0.3) is 0 Å². The van der Waals surface area contributed by atoms with Gasteiger partial charge in [-0.05, 0) is 29.3 Å². The van der Waals surface area contributed by atoms with Crippen LogP contribution < -0.4 is 0 Å². The van der Waals surface area contributed by atoms with Crippen molar-refractivity contribution in [3.8, 4) is 44.9 Å². The number of rotatable bonds is 4. The summed E-state index contributed by atoms with van der Waals surface area (Å²) in [4.78, 5) is 11.3. The number of hydrogen-bond acceptors (Lipinski definition) is 5. The van der Waals surface area contributed by atoms with Crippen molar-refractivity contribution in [3.05, 3.63) is 146 Å². The van der Waals surface area contributed by atoms with E-state index in [1.54, 1.807) is 11.3 Å². The van der Waals surface area contributed by atoms with E-state index in [2.05, 4.69) is 121 Å². The lowest BCUT2D eigenvalue weighted by Gasteiger charge is -2.08. The first-order valence-electron chi connectivity index (χ1n) is 15.5. The zero-order valence-electron chi connectivity index (χ0n) is 25.0. The fourth-order valence-electron chi connectivity index (χ4n) is 6.67. The molecule has 10 aromatic rings. The number of furan rings is 1. The number of aromatic nitrogens is 4. The van der Waals surface area contributed by atoms with Crippen LogP contribution in [0.2, 0.25) is 0 Å². The monoisotopic (exact) mass is 620 g/mol. The van der Waals surface area contributed by atoms with Crippen LogP contribution in [0.3, 0.4) is 0 Å². The van der Waals surface area contributed by atoms with Crippen LogP contribution >= 0.6 is 11.3 Å². The molecule has 0 N–H and O–H groups in total. The molecule has 0 unspecified atom stereocenters. The highest BCUT2D eigenvalue weighted by molar-refractivity contribution is 7.25. The van der Waals surface area contributed by atoms with Crippen molar-refractivity contribution < 1.29 is 4.42 Å². The third-order valence-electron chi connectivity index (χ3n) is 8.89. The number of para-hydroxylation sites is 1. The highest BCUT2D eigenvalue weighted by Gasteiger charge is 2.21. The molecule has 0 atom stereocenters. The lowest BCUT2D eigenvalue weighted by atomic mass is 10.0. The van der Waals surface area contributed by atoms with Gasteiger partial charge in [0, 0.05) is 54.7 Å². The molecule has 0 fully saturated rings. The van der Waals surface area contributed by atoms with Crippen molar-refractivity contribution >= 4 is 59.2 Å². The van der Waals surface area contributed by atoms with Gasteiger partial charge in [-0.3, -0.25) is 0 Å². The van der Waals surface area contributed by atoms with Crippen LogP contribution in [-0.4, -0.2) is 19.6 Å². The number of fused-ring (bicyclic) bond motifs is 8. The fourth-order valence-corrected chi connectivity index (χ4v) is 7.75. The summed E-state index contributed by atoms with van der Waals surface area (Å²) in [6.07, 6.45) is 2.06. The number of nitrogens with zero attached hydrogens (tertiary/aromatic N) is 4. The van der Waals surface area contributed by atoms with Crippen LogP contribution in [0.1, 0.15) is 0 Å². The molecule has 6 heteroatoms. The standard InChI is InChI=1S/C41H24N4OS/c1-3-11-25(12-4-1)29-23-32(26-13-5-2-6-14-26)40-43-39(44-45(40)24-29)28-21-19-27(20-22-28)37-38-35(30-15-7-9-17-33(30)46-38)36-31-16-8-10-18-34(31)47-41(36)42-37/h1-24H. The predicted molar refractivity (Wildman–Crippen MR) is 193 cm³/mol. The van der Waals surface area contributed by atoms with Crippen molar-refractivity contribution in [1.82, 2.24) is 19.6 Å². The molecule has 0 amide bonds. The van der Waals surface area contributed by atoms with Crippen LogP contribution in [0.5, 0.6) is 0 Å². The summed E-state index contributed by atoms with van der Waals surface area (Å²) in [6.45, 7) is 0. The van der Waals surface area contributed by atoms with Crippen LogP contribution in [0.25, 0.3) is 92.8 Å². The molecule has 0 spiro atoms. The first kappa shape index (κ1) is 26.1. The molecule has 10 rings (SSSR count). The van der Waals surface area contributed by atoms with Gasteiger partial charge in [-0.15, -0.1) is 16.4 Å². The van der Waals surface area contributed by atoms with Gasteiger partial charge in [0.15, 0.2) is 17.1 Å². The maximum absolute atomic E-state index is 6.54. The molecule has 0 saturated heterocycles. The summed E-state index contributed by atoms with van der Waals surface area (Å²) < 4.78 is 9.66. The number of thiophene rings is 1. The Hall–Kier alpha value is -6.11. The largest absolute Gasteiger partial charge is 0.454 e. The normalized spacial score (nSPS) is 11.8. The number of hydrogen-bond donors (Lipinski definition) is 0. The molecule has 5 nitrogen and oxygen atoms in total. The predicted octanol–water partition coefficient (Wildman–Crippen LogP) is 11.1. The van der Waals surface area contributed by atoms with E-state index in [1.807, 2.05) is 28.8 Å². The van der Waals surface area contributed by atoms with Crippen molar-refractivity contribution in [2.24, 2.45) is 0 Å². The Morgan fingerprint density at radius 3 is 2.04 bits per heavy atom. The SMILES string of the molecule is c1ccc(-c2cc(-c3ccccc3)c3nc(-c4ccc(-c5nc6sc7ccccc7c6c6c5oc5ccccc56)cc4)nn3c2)cc1. The minimum Gasteiger partial charge on any atom is -0.454 e. The molecule has 47 heavy (non-hydrogen) atoms. The summed E-state index contributed by atoms with van der Waals surface area (Å²) in [6, 6.07) is 48.1. The van der Waals surface area contributed by atoms with Crippen LogP contribution in [0.4, 0.5) is 0 Å². The highest BCUT2D eigenvalue weighted by atomic mass is 32.1. The molecule has 0 aliphatic rings. The van der Waals surface area contributed by atoms with Gasteiger partial charge in [0.05, 0.1) is 0 Å². The summed E-state index contributed by atoms with van der Waals surface area (Å²) >= 11 is 1.72. The molecular formula is C41H24N4OS. The zero-order valence-corrected chi connectivity index (χ0v) is 25.8. The number of pyridine rings is 2. The molecular weight excluding hydrogens is 597 g/mol. The Labute approximate surface area is 273 Å². The van der Waals surface area contributed by atoms with E-state index < -0.39 is 0 Å². The summed E-state index contributed by atoms with van der Waals surface area (Å²) in [7, 11) is 0. The molecule has 220 valence electrons. The maximum atomic E-state index is 6.54. The lowest BCUT2D eigenvalue weighted by Crippen LogP contribution is -1.93. The van der Waals surface area contributed by atoms with Gasteiger partial charge >= 0.3 is 0 Å². The Kier molecular flexibility index (Phi) is 5.68. The van der Waals surface area contributed by atoms with Crippen molar-refractivity contribution in [1.29, 1.82) is 0 Å². The first-order chi connectivity index (χ1) is 23.3. The second kappa shape index (κ2) is 10.2. The Balaban J connectivity index is 1.13. The molecule has 5 aromatic heterocycles. The quantitative estimate of drug-likeness (QED) is 0.196. The fraction of sp³-hybridized carbons (Fsp3) is 0. The second-order valence-corrected chi connectivity index (χ2v) is 12.7. The average molecular weight is 621 g/mol. The summed E-state index contributed by atoms with van der Waals surface area (Å²) in [5, 5.41) is 9.56. The van der Waals surface area contributed by atoms with Gasteiger partial charge in [-0.2, -0.15) is 0 Å². The van der Waals surface area contributed by atoms with Gasteiger partial charge < -0.3 is 4.42 Å². The third kappa shape index (κ3) is 4.12. The van der Waals surface area contributed by atoms with E-state index in [9.17, 15) is 0 Å². The summed E-state index contributed by atoms with van der Waals surface area (Å²) in [5.41, 5.74) is 9.59. The van der Waals surface area contributed by atoms with E-state index in [1.165, 1.54) is 10.1 Å². The number of benzene rings is 5. The Morgan fingerprint density at radius 1 is 0.553 bits per heavy atom. The van der Waals surface area contributed by atoms with Crippen LogP contribution in [0.15, 0.2) is 150 Å². The van der Waals surface area contributed by atoms with Gasteiger partial charge in [-0.1, -0.05) is 121 Å². The zero-order chi connectivity index (χ0) is 30.9. The summed E-state index contributed by atoms with van der Waals surface area (Å²) in [5.74, 6) is 0.667. The molecule has 5 heterocycles. The molecule has 0 bridgehead atoms. The van der Waals surface area contributed by atoms with Crippen LogP contribution in [0, 0.1) is 0 Å². The second-order valence-electron chi connectivity index (χ2n) is 11.7. The minimum absolute atomic E-state index is 0.667. The minimum atomic E-state index is 0.667. The maximum Gasteiger partial charge on any atom is 0.182 e. The van der Waals surface area contributed by atoms with Gasteiger partial charge in [0.2, 0.25) is 0 Å². The van der Waals surface area contributed by atoms with E-state index in [0.29, 0.717) is 5.82 Å². The molecule has 0 aliphatic heterocycles. The van der Waals surface area contributed by atoms with Crippen molar-refractivity contribution in [3.63, 3.8) is 0 Å². The van der Waals surface area contributed by atoms with Crippen LogP contribution in [-0.2, 0) is 0 Å². The smallest absolute Gasteiger partial charge is 0.182 e. The lowest BCUT2D eigenvalue weighted by molar-refractivity contribution is 0.669. The van der Waals surface area contributed by atoms with Crippen molar-refractivity contribution in [2.45, 2.75) is 0 Å². The van der Waals surface area contributed by atoms with Gasteiger partial charge in [-0.25, -0.2) is 14.5 Å². The molecule has 0 aliphatic carbocycles. The first-order valence-corrected chi connectivity index (χ1v) is 16.3. The van der Waals surface area contributed by atoms with Gasteiger partial charge in [0.1, 0.15) is 16.1 Å². The average Bonchev–Trinajstić information content (AvgIpc) is 3.85. The van der Waals surface area contributed by atoms with E-state index >= 15 is 0 Å².